The van der Waals surface area contributed by atoms with Crippen molar-refractivity contribution in [2.45, 2.75) is 66.0 Å². The summed E-state index contributed by atoms with van der Waals surface area (Å²) in [6, 6.07) is 0. The van der Waals surface area contributed by atoms with Gasteiger partial charge in [0.15, 0.2) is 5.78 Å². The van der Waals surface area contributed by atoms with Gasteiger partial charge in [-0.3, -0.25) is 9.59 Å². The van der Waals surface area contributed by atoms with Crippen LogP contribution >= 0.6 is 0 Å². The van der Waals surface area contributed by atoms with Crippen LogP contribution in [0, 0.1) is 17.3 Å². The van der Waals surface area contributed by atoms with Crippen molar-refractivity contribution in [1.82, 2.24) is 0 Å². The summed E-state index contributed by atoms with van der Waals surface area (Å²) in [6.45, 7) is 11.3. The molecule has 7 heteroatoms. The molecule has 0 aliphatic heterocycles. The number of ether oxygens (including phenoxy) is 1. The van der Waals surface area contributed by atoms with Gasteiger partial charge in [-0.2, -0.15) is 0 Å². The molecule has 1 unspecified atom stereocenters. The third-order valence-corrected chi connectivity index (χ3v) is 4.42. The van der Waals surface area contributed by atoms with E-state index < -0.39 is 41.0 Å². The van der Waals surface area contributed by atoms with Crippen molar-refractivity contribution < 1.29 is 24.2 Å². The molecule has 0 bridgehead atoms. The molecule has 2 atom stereocenters. The highest BCUT2D eigenvalue weighted by Gasteiger charge is 2.65. The van der Waals surface area contributed by atoms with Gasteiger partial charge in [-0.15, -0.1) is 0 Å². The summed E-state index contributed by atoms with van der Waals surface area (Å²) in [6.07, 6.45) is 0.261. The van der Waals surface area contributed by atoms with Crippen LogP contribution in [0.15, 0.2) is 0 Å². The lowest BCUT2D eigenvalue weighted by atomic mass is 9.59. The number of Topliss-reactive ketones (excluding diaryl/α,β-unsaturated/α-hetero) is 1. The zero-order chi connectivity index (χ0) is 19.5. The Bertz CT molecular complexity index is 496. The SMILES string of the molecule is CC(C)CC(=O)COC(=O)[C@](N)(C(C)(C)C)C(N)(C(=O)O)C(C)C. The van der Waals surface area contributed by atoms with Gasteiger partial charge in [0.1, 0.15) is 17.7 Å². The maximum atomic E-state index is 12.7. The fourth-order valence-electron chi connectivity index (χ4n) is 2.74. The molecule has 24 heavy (non-hydrogen) atoms. The number of esters is 1. The highest BCUT2D eigenvalue weighted by molar-refractivity contribution is 5.95. The quantitative estimate of drug-likeness (QED) is 0.566. The Morgan fingerprint density at radius 1 is 1.04 bits per heavy atom. The molecule has 0 rings (SSSR count). The number of ketones is 1. The first kappa shape index (κ1) is 22.5. The van der Waals surface area contributed by atoms with Crippen LogP contribution in [-0.2, 0) is 19.1 Å². The Morgan fingerprint density at radius 3 is 1.79 bits per heavy atom. The van der Waals surface area contributed by atoms with Crippen LogP contribution in [0.4, 0.5) is 0 Å². The molecule has 140 valence electrons. The van der Waals surface area contributed by atoms with Crippen LogP contribution in [-0.4, -0.2) is 40.5 Å². The lowest BCUT2D eigenvalue weighted by Gasteiger charge is -2.50. The smallest absolute Gasteiger partial charge is 0.329 e. The molecule has 0 fully saturated rings. The first-order valence-electron chi connectivity index (χ1n) is 8.12. The lowest BCUT2D eigenvalue weighted by Crippen LogP contribution is -2.80. The molecular formula is C17H32N2O5. The van der Waals surface area contributed by atoms with Gasteiger partial charge >= 0.3 is 11.9 Å². The molecule has 0 spiro atoms. The maximum absolute atomic E-state index is 12.7. The van der Waals surface area contributed by atoms with Crippen molar-refractivity contribution in [3.8, 4) is 0 Å². The largest absolute Gasteiger partial charge is 0.480 e. The standard InChI is InChI=1S/C17H32N2O5/c1-10(2)8-12(20)9-24-14(23)17(19,15(5,6)7)16(18,11(3)4)13(21)22/h10-11H,8-9,18-19H2,1-7H3,(H,21,22)/t16?,17-/m0/s1. The molecule has 0 heterocycles. The summed E-state index contributed by atoms with van der Waals surface area (Å²) in [5.41, 5.74) is 7.34. The number of carbonyl (C=O) groups is 3. The van der Waals surface area contributed by atoms with Crippen LogP contribution in [0.25, 0.3) is 0 Å². The fraction of sp³-hybridized carbons (Fsp3) is 0.824. The first-order valence-corrected chi connectivity index (χ1v) is 8.12. The molecule has 0 saturated carbocycles. The Balaban J connectivity index is 5.74. The van der Waals surface area contributed by atoms with Crippen molar-refractivity contribution in [1.29, 1.82) is 0 Å². The van der Waals surface area contributed by atoms with Gasteiger partial charge in [0, 0.05) is 6.42 Å². The van der Waals surface area contributed by atoms with Gasteiger partial charge in [0.2, 0.25) is 0 Å². The third-order valence-electron chi connectivity index (χ3n) is 4.42. The zero-order valence-corrected chi connectivity index (χ0v) is 15.8. The average Bonchev–Trinajstić information content (AvgIpc) is 2.40. The molecule has 0 amide bonds. The van der Waals surface area contributed by atoms with Crippen LogP contribution < -0.4 is 11.5 Å². The normalized spacial score (nSPS) is 17.3. The molecule has 5 N–H and O–H groups in total. The van der Waals surface area contributed by atoms with E-state index in [1.807, 2.05) is 13.8 Å². The van der Waals surface area contributed by atoms with Crippen molar-refractivity contribution in [3.05, 3.63) is 0 Å². The molecule has 0 aliphatic carbocycles. The number of hydrogen-bond acceptors (Lipinski definition) is 6. The van der Waals surface area contributed by atoms with Gasteiger partial charge in [-0.25, -0.2) is 4.79 Å². The van der Waals surface area contributed by atoms with E-state index in [1.165, 1.54) is 0 Å². The van der Waals surface area contributed by atoms with E-state index in [0.29, 0.717) is 0 Å². The second-order valence-corrected chi connectivity index (χ2v) is 8.10. The predicted molar refractivity (Wildman–Crippen MR) is 91.2 cm³/mol. The van der Waals surface area contributed by atoms with Crippen LogP contribution in [0.2, 0.25) is 0 Å². The Kier molecular flexibility index (Phi) is 7.14. The van der Waals surface area contributed by atoms with Crippen molar-refractivity contribution in [2.24, 2.45) is 28.7 Å². The summed E-state index contributed by atoms with van der Waals surface area (Å²) in [5.74, 6) is -3.13. The molecule has 0 aliphatic rings. The molecule has 0 saturated heterocycles. The Morgan fingerprint density at radius 2 is 1.50 bits per heavy atom. The second kappa shape index (κ2) is 7.61. The number of rotatable bonds is 8. The lowest BCUT2D eigenvalue weighted by molar-refractivity contribution is -0.171. The second-order valence-electron chi connectivity index (χ2n) is 8.10. The minimum Gasteiger partial charge on any atom is -0.480 e. The van der Waals surface area contributed by atoms with Gasteiger partial charge < -0.3 is 21.3 Å². The predicted octanol–water partition coefficient (Wildman–Crippen LogP) is 1.33. The van der Waals surface area contributed by atoms with Crippen LogP contribution in [0.5, 0.6) is 0 Å². The molecule has 0 radical (unpaired) electrons. The van der Waals surface area contributed by atoms with Crippen molar-refractivity contribution in [2.75, 3.05) is 6.61 Å². The van der Waals surface area contributed by atoms with Crippen LogP contribution in [0.1, 0.15) is 54.9 Å². The van der Waals surface area contributed by atoms with E-state index in [4.69, 9.17) is 16.2 Å². The maximum Gasteiger partial charge on any atom is 0.329 e. The van der Waals surface area contributed by atoms with Gasteiger partial charge in [-0.05, 0) is 17.3 Å². The van der Waals surface area contributed by atoms with Gasteiger partial charge in [-0.1, -0.05) is 48.5 Å². The third kappa shape index (κ3) is 4.13. The van der Waals surface area contributed by atoms with E-state index in [0.717, 1.165) is 0 Å². The molecule has 7 nitrogen and oxygen atoms in total. The summed E-state index contributed by atoms with van der Waals surface area (Å²) in [5, 5.41) is 9.67. The van der Waals surface area contributed by atoms with Crippen LogP contribution in [0.3, 0.4) is 0 Å². The zero-order valence-electron chi connectivity index (χ0n) is 15.8. The molecule has 0 aromatic heterocycles. The van der Waals surface area contributed by atoms with E-state index in [9.17, 15) is 19.5 Å². The fourth-order valence-corrected chi connectivity index (χ4v) is 2.74. The minimum absolute atomic E-state index is 0.129. The number of nitrogens with two attached hydrogens (primary N) is 2. The number of hydrogen-bond donors (Lipinski definition) is 3. The average molecular weight is 344 g/mol. The van der Waals surface area contributed by atoms with E-state index in [1.54, 1.807) is 34.6 Å². The topological polar surface area (TPSA) is 133 Å². The molecule has 0 aromatic rings. The molecule has 0 aromatic carbocycles. The number of carbonyl (C=O) groups excluding carboxylic acids is 2. The summed E-state index contributed by atoms with van der Waals surface area (Å²) in [7, 11) is 0. The first-order chi connectivity index (χ1) is 10.6. The molecular weight excluding hydrogens is 312 g/mol. The summed E-state index contributed by atoms with van der Waals surface area (Å²) >= 11 is 0. The van der Waals surface area contributed by atoms with E-state index in [-0.39, 0.29) is 18.1 Å². The van der Waals surface area contributed by atoms with Crippen molar-refractivity contribution >= 4 is 17.7 Å². The minimum atomic E-state index is -2.05. The Hall–Kier alpha value is -1.47. The Labute approximate surface area is 144 Å². The van der Waals surface area contributed by atoms with Crippen molar-refractivity contribution in [3.63, 3.8) is 0 Å². The number of aliphatic carboxylic acids is 1. The summed E-state index contributed by atoms with van der Waals surface area (Å²) in [4.78, 5) is 36.4. The van der Waals surface area contributed by atoms with E-state index >= 15 is 0 Å². The number of carboxylic acid groups (broad SMARTS) is 1. The highest BCUT2D eigenvalue weighted by Crippen LogP contribution is 2.40. The monoisotopic (exact) mass is 344 g/mol. The highest BCUT2D eigenvalue weighted by atomic mass is 16.5. The number of carboxylic acids is 1. The van der Waals surface area contributed by atoms with Gasteiger partial charge in [0.25, 0.3) is 0 Å². The van der Waals surface area contributed by atoms with Gasteiger partial charge in [0.05, 0.1) is 0 Å². The van der Waals surface area contributed by atoms with E-state index in [2.05, 4.69) is 0 Å². The summed E-state index contributed by atoms with van der Waals surface area (Å²) < 4.78 is 5.09.